The summed E-state index contributed by atoms with van der Waals surface area (Å²) in [5, 5.41) is 4.83. The highest BCUT2D eigenvalue weighted by molar-refractivity contribution is 6.35. The minimum atomic E-state index is 0.106. The maximum absolute atomic E-state index is 6.30. The second-order valence-corrected chi connectivity index (χ2v) is 6.34. The molecule has 1 atom stereocenters. The Kier molecular flexibility index (Phi) is 4.80. The number of hydrogen-bond acceptors (Lipinski definition) is 2. The van der Waals surface area contributed by atoms with Crippen LogP contribution in [0.25, 0.3) is 0 Å². The first-order valence-corrected chi connectivity index (χ1v) is 7.72. The molecule has 2 aromatic rings. The fourth-order valence-corrected chi connectivity index (χ4v) is 3.19. The van der Waals surface area contributed by atoms with E-state index >= 15 is 0 Å². The van der Waals surface area contributed by atoms with Gasteiger partial charge in [-0.05, 0) is 69.5 Å². The lowest BCUT2D eigenvalue weighted by Gasteiger charge is -2.21. The maximum atomic E-state index is 6.30. The van der Waals surface area contributed by atoms with Gasteiger partial charge in [-0.2, -0.15) is 0 Å². The Hall–Kier alpha value is -1.25. The van der Waals surface area contributed by atoms with Crippen LogP contribution < -0.4 is 5.32 Å². The van der Waals surface area contributed by atoms with Crippen LogP contribution >= 0.6 is 23.2 Å². The van der Waals surface area contributed by atoms with Crippen molar-refractivity contribution in [1.29, 1.82) is 0 Å². The minimum absolute atomic E-state index is 0.106. The fraction of sp³-hybridized carbons (Fsp3) is 0.353. The summed E-state index contributed by atoms with van der Waals surface area (Å²) in [4.78, 5) is 4.55. The summed E-state index contributed by atoms with van der Waals surface area (Å²) in [7, 11) is 0. The van der Waals surface area contributed by atoms with Crippen LogP contribution in [-0.4, -0.2) is 4.98 Å². The quantitative estimate of drug-likeness (QED) is 0.772. The lowest BCUT2D eigenvalue weighted by Crippen LogP contribution is -2.12. The van der Waals surface area contributed by atoms with E-state index in [2.05, 4.69) is 30.2 Å². The average molecular weight is 323 g/mol. The number of hydrogen-bond donors (Lipinski definition) is 1. The van der Waals surface area contributed by atoms with E-state index in [1.807, 2.05) is 32.9 Å². The van der Waals surface area contributed by atoms with Gasteiger partial charge in [0, 0.05) is 16.4 Å². The third kappa shape index (κ3) is 3.50. The highest BCUT2D eigenvalue weighted by Gasteiger charge is 2.15. The molecule has 1 unspecified atom stereocenters. The minimum Gasteiger partial charge on any atom is -0.377 e. The van der Waals surface area contributed by atoms with E-state index in [1.165, 1.54) is 11.1 Å². The second kappa shape index (κ2) is 6.25. The van der Waals surface area contributed by atoms with Crippen molar-refractivity contribution in [3.63, 3.8) is 0 Å². The van der Waals surface area contributed by atoms with Crippen LogP contribution in [0.4, 0.5) is 5.69 Å². The van der Waals surface area contributed by atoms with Crippen LogP contribution in [0, 0.1) is 27.7 Å². The van der Waals surface area contributed by atoms with Gasteiger partial charge in [0.2, 0.25) is 0 Å². The predicted octanol–water partition coefficient (Wildman–Crippen LogP) is 5.80. The van der Waals surface area contributed by atoms with Crippen molar-refractivity contribution in [2.45, 2.75) is 40.7 Å². The van der Waals surface area contributed by atoms with Gasteiger partial charge in [0.1, 0.15) is 0 Å². The zero-order valence-corrected chi connectivity index (χ0v) is 14.5. The zero-order valence-electron chi connectivity index (χ0n) is 13.0. The summed E-state index contributed by atoms with van der Waals surface area (Å²) in [6.07, 6.45) is 0. The van der Waals surface area contributed by atoms with Crippen molar-refractivity contribution in [3.05, 3.63) is 56.3 Å². The Morgan fingerprint density at radius 1 is 0.952 bits per heavy atom. The first-order valence-electron chi connectivity index (χ1n) is 6.96. The molecular weight excluding hydrogens is 303 g/mol. The van der Waals surface area contributed by atoms with Crippen LogP contribution in [-0.2, 0) is 0 Å². The zero-order chi connectivity index (χ0) is 15.7. The van der Waals surface area contributed by atoms with Gasteiger partial charge in [-0.25, -0.2) is 0 Å². The first-order chi connectivity index (χ1) is 9.79. The van der Waals surface area contributed by atoms with Crippen LogP contribution in [0.1, 0.15) is 41.0 Å². The smallest absolute Gasteiger partial charge is 0.0641 e. The first kappa shape index (κ1) is 16.1. The van der Waals surface area contributed by atoms with E-state index in [0.29, 0.717) is 10.0 Å². The molecule has 0 aliphatic carbocycles. The lowest BCUT2D eigenvalue weighted by atomic mass is 10.00. The standard InChI is InChI=1S/C17H20Cl2N2/c1-9-7-15(19)16(8-14(9)18)21-13(5)17-10(2)6-11(3)20-12(17)4/h6-8,13,21H,1-5H3. The molecule has 112 valence electrons. The molecule has 2 rings (SSSR count). The number of aryl methyl sites for hydroxylation is 4. The Morgan fingerprint density at radius 2 is 1.62 bits per heavy atom. The molecule has 2 nitrogen and oxygen atoms in total. The molecule has 4 heteroatoms. The molecule has 1 aromatic heterocycles. The number of nitrogens with zero attached hydrogens (tertiary/aromatic N) is 1. The predicted molar refractivity (Wildman–Crippen MR) is 91.7 cm³/mol. The molecule has 0 saturated carbocycles. The molecular formula is C17H20Cl2N2. The normalized spacial score (nSPS) is 12.3. The van der Waals surface area contributed by atoms with Crippen LogP contribution in [0.5, 0.6) is 0 Å². The summed E-state index contributed by atoms with van der Waals surface area (Å²) in [5.74, 6) is 0. The molecule has 0 radical (unpaired) electrons. The molecule has 0 aliphatic rings. The van der Waals surface area contributed by atoms with Crippen molar-refractivity contribution < 1.29 is 0 Å². The van der Waals surface area contributed by atoms with Crippen molar-refractivity contribution >= 4 is 28.9 Å². The third-order valence-corrected chi connectivity index (χ3v) is 4.36. The third-order valence-electron chi connectivity index (χ3n) is 3.64. The Labute approximate surface area is 136 Å². The summed E-state index contributed by atoms with van der Waals surface area (Å²) in [6, 6.07) is 5.97. The molecule has 0 spiro atoms. The number of rotatable bonds is 3. The summed E-state index contributed by atoms with van der Waals surface area (Å²) < 4.78 is 0. The molecule has 1 aromatic carbocycles. The number of nitrogens with one attached hydrogen (secondary N) is 1. The largest absolute Gasteiger partial charge is 0.377 e. The molecule has 1 heterocycles. The van der Waals surface area contributed by atoms with Gasteiger partial charge < -0.3 is 5.32 Å². The molecule has 0 aliphatic heterocycles. The fourth-order valence-electron chi connectivity index (χ4n) is 2.75. The molecule has 21 heavy (non-hydrogen) atoms. The monoisotopic (exact) mass is 322 g/mol. The number of pyridine rings is 1. The average Bonchev–Trinajstić information content (AvgIpc) is 2.34. The van der Waals surface area contributed by atoms with E-state index in [-0.39, 0.29) is 6.04 Å². The van der Waals surface area contributed by atoms with Gasteiger partial charge >= 0.3 is 0 Å². The molecule has 0 saturated heterocycles. The van der Waals surface area contributed by atoms with Crippen molar-refractivity contribution in [3.8, 4) is 0 Å². The van der Waals surface area contributed by atoms with Crippen LogP contribution in [0.15, 0.2) is 18.2 Å². The second-order valence-electron chi connectivity index (χ2n) is 5.53. The Balaban J connectivity index is 2.35. The highest BCUT2D eigenvalue weighted by Crippen LogP contribution is 2.32. The number of aromatic nitrogens is 1. The molecule has 0 amide bonds. The van der Waals surface area contributed by atoms with Crippen LogP contribution in [0.3, 0.4) is 0 Å². The van der Waals surface area contributed by atoms with Gasteiger partial charge in [-0.15, -0.1) is 0 Å². The highest BCUT2D eigenvalue weighted by atomic mass is 35.5. The van der Waals surface area contributed by atoms with Crippen molar-refractivity contribution in [2.75, 3.05) is 5.32 Å². The van der Waals surface area contributed by atoms with Crippen LogP contribution in [0.2, 0.25) is 10.0 Å². The number of anilines is 1. The molecule has 0 fully saturated rings. The maximum Gasteiger partial charge on any atom is 0.0641 e. The van der Waals surface area contributed by atoms with E-state index in [9.17, 15) is 0 Å². The van der Waals surface area contributed by atoms with Crippen molar-refractivity contribution in [1.82, 2.24) is 4.98 Å². The Bertz CT molecular complexity index is 658. The van der Waals surface area contributed by atoms with E-state index in [0.717, 1.165) is 22.6 Å². The van der Waals surface area contributed by atoms with Gasteiger partial charge in [0.15, 0.2) is 0 Å². The van der Waals surface area contributed by atoms with E-state index in [4.69, 9.17) is 23.2 Å². The van der Waals surface area contributed by atoms with Gasteiger partial charge in [-0.3, -0.25) is 4.98 Å². The van der Waals surface area contributed by atoms with E-state index in [1.54, 1.807) is 0 Å². The van der Waals surface area contributed by atoms with Gasteiger partial charge in [-0.1, -0.05) is 23.2 Å². The summed E-state index contributed by atoms with van der Waals surface area (Å²) >= 11 is 12.5. The SMILES string of the molecule is Cc1cc(C)c(C(C)Nc2cc(Cl)c(C)cc2Cl)c(C)n1. The van der Waals surface area contributed by atoms with E-state index < -0.39 is 0 Å². The van der Waals surface area contributed by atoms with Gasteiger partial charge in [0.05, 0.1) is 16.8 Å². The van der Waals surface area contributed by atoms with Crippen molar-refractivity contribution in [2.24, 2.45) is 0 Å². The summed E-state index contributed by atoms with van der Waals surface area (Å²) in [5.41, 5.74) is 6.34. The molecule has 0 bridgehead atoms. The Morgan fingerprint density at radius 3 is 2.24 bits per heavy atom. The number of halogens is 2. The summed E-state index contributed by atoms with van der Waals surface area (Å²) in [6.45, 7) is 10.2. The number of benzene rings is 1. The molecule has 1 N–H and O–H groups in total. The lowest BCUT2D eigenvalue weighted by molar-refractivity contribution is 0.843. The topological polar surface area (TPSA) is 24.9 Å². The van der Waals surface area contributed by atoms with Gasteiger partial charge in [0.25, 0.3) is 0 Å².